The Morgan fingerprint density at radius 1 is 0.640 bits per heavy atom. The van der Waals surface area contributed by atoms with E-state index in [1.807, 2.05) is 0 Å². The Hall–Kier alpha value is -2.44. The molecule has 264 valence electrons. The minimum atomic E-state index is 0. The van der Waals surface area contributed by atoms with Crippen LogP contribution < -0.4 is 24.8 Å². The minimum Gasteiger partial charge on any atom is -1.00 e. The molecule has 0 spiro atoms. The number of rotatable bonds is 3. The SMILES string of the molecule is CC(C)(C)c1[c-]c2c(cc1)-c1ccc(C(C)(C)C)cc1C2.CCc1cc(C(C)(C)C)c[cH-]1.Cc1ccc([C](=[Zr+2])c2ccc(C)cc2)cc1.[Cl-].[Cl-]. The van der Waals surface area contributed by atoms with Gasteiger partial charge in [-0.2, -0.15) is 47.0 Å². The van der Waals surface area contributed by atoms with E-state index in [0.717, 1.165) is 12.8 Å². The van der Waals surface area contributed by atoms with Gasteiger partial charge in [0.1, 0.15) is 0 Å². The van der Waals surface area contributed by atoms with E-state index in [9.17, 15) is 0 Å². The summed E-state index contributed by atoms with van der Waals surface area (Å²) in [6, 6.07) is 39.5. The summed E-state index contributed by atoms with van der Waals surface area (Å²) in [5.41, 5.74) is 17.2. The predicted octanol–water partition coefficient (Wildman–Crippen LogP) is 6.35. The number of fused-ring (bicyclic) bond motifs is 3. The van der Waals surface area contributed by atoms with Gasteiger partial charge in [0.2, 0.25) is 0 Å². The normalized spacial score (nSPS) is 11.8. The van der Waals surface area contributed by atoms with Crippen LogP contribution in [0.3, 0.4) is 0 Å². The summed E-state index contributed by atoms with van der Waals surface area (Å²) >= 11 is 1.46. The van der Waals surface area contributed by atoms with Crippen molar-refractivity contribution in [2.24, 2.45) is 0 Å². The standard InChI is InChI=1S/C21H25.C15H14.C11H17.2ClH.Zr/c1-20(2,3)16-7-9-18-14(12-16)11-15-13-17(21(4,5)6)8-10-19(15)18;1-12-3-7-14(8-4-12)11-15-9-5-13(2)6-10-15;1-5-9-6-7-10(8-9)11(2,3)4;;;/h7-10,12H,11H2,1-6H3;3-10H,1-2H3;6-8H,5H2,1-4H3;2*1H;/q-1;;-1;;;+2/p-2. The molecular formula is C47H56Cl2Zr-2. The number of aryl methyl sites for hydroxylation is 3. The van der Waals surface area contributed by atoms with Gasteiger partial charge in [-0.05, 0) is 28.4 Å². The molecule has 0 radical (unpaired) electrons. The first-order valence-electron chi connectivity index (χ1n) is 17.5. The van der Waals surface area contributed by atoms with Crippen molar-refractivity contribution in [3.63, 3.8) is 0 Å². The molecule has 0 saturated carbocycles. The summed E-state index contributed by atoms with van der Waals surface area (Å²) in [5.74, 6) is 0. The largest absolute Gasteiger partial charge is 1.00 e. The van der Waals surface area contributed by atoms with Crippen molar-refractivity contribution in [1.29, 1.82) is 0 Å². The number of halogens is 2. The number of hydrogen-bond donors (Lipinski definition) is 0. The van der Waals surface area contributed by atoms with E-state index in [1.165, 1.54) is 94.2 Å². The second-order valence-corrected chi connectivity index (χ2v) is 17.8. The molecule has 0 unspecified atom stereocenters. The maximum Gasteiger partial charge on any atom is -1.00 e. The molecule has 3 heteroatoms. The van der Waals surface area contributed by atoms with Crippen molar-refractivity contribution in [2.45, 2.75) is 112 Å². The molecule has 50 heavy (non-hydrogen) atoms. The summed E-state index contributed by atoms with van der Waals surface area (Å²) in [7, 11) is 0. The van der Waals surface area contributed by atoms with Crippen LogP contribution in [0, 0.1) is 19.9 Å². The Morgan fingerprint density at radius 3 is 1.56 bits per heavy atom. The molecule has 1 aliphatic carbocycles. The zero-order chi connectivity index (χ0) is 35.4. The summed E-state index contributed by atoms with van der Waals surface area (Å²) in [4.78, 5) is 0. The average Bonchev–Trinajstić information content (AvgIpc) is 3.66. The van der Waals surface area contributed by atoms with Crippen molar-refractivity contribution in [1.82, 2.24) is 0 Å². The van der Waals surface area contributed by atoms with E-state index in [2.05, 4.69) is 186 Å². The molecule has 0 nitrogen and oxygen atoms in total. The van der Waals surface area contributed by atoms with Gasteiger partial charge in [-0.1, -0.05) is 105 Å². The van der Waals surface area contributed by atoms with Crippen LogP contribution >= 0.6 is 0 Å². The van der Waals surface area contributed by atoms with Gasteiger partial charge in [0, 0.05) is 0 Å². The van der Waals surface area contributed by atoms with Crippen LogP contribution in [-0.2, 0) is 53.3 Å². The van der Waals surface area contributed by atoms with E-state index in [0.29, 0.717) is 5.41 Å². The molecule has 0 heterocycles. The molecule has 5 aromatic carbocycles. The Labute approximate surface area is 332 Å². The Kier molecular flexibility index (Phi) is 15.6. The van der Waals surface area contributed by atoms with E-state index >= 15 is 0 Å². The van der Waals surface area contributed by atoms with E-state index < -0.39 is 0 Å². The molecule has 1 aliphatic rings. The third-order valence-corrected chi connectivity index (χ3v) is 10.7. The summed E-state index contributed by atoms with van der Waals surface area (Å²) in [5, 5.41) is 0. The topological polar surface area (TPSA) is 0 Å². The first kappa shape index (κ1) is 43.7. The Balaban J connectivity index is 0.000000268. The first-order chi connectivity index (χ1) is 22.4. The minimum absolute atomic E-state index is 0. The fraction of sp³-hybridized carbons (Fsp3) is 0.362. The van der Waals surface area contributed by atoms with Gasteiger partial charge in [-0.15, -0.1) is 11.1 Å². The molecule has 5 aromatic rings. The number of hydrogen-bond acceptors (Lipinski definition) is 0. The third-order valence-electron chi connectivity index (χ3n) is 9.24. The van der Waals surface area contributed by atoms with Crippen LogP contribution in [0.1, 0.15) is 125 Å². The molecule has 0 fully saturated rings. The molecule has 0 aliphatic heterocycles. The van der Waals surface area contributed by atoms with Crippen molar-refractivity contribution in [3.05, 3.63) is 159 Å². The van der Waals surface area contributed by atoms with E-state index in [-0.39, 0.29) is 35.6 Å². The van der Waals surface area contributed by atoms with Gasteiger partial charge in [-0.25, -0.2) is 6.07 Å². The van der Waals surface area contributed by atoms with Crippen LogP contribution in [0.5, 0.6) is 0 Å². The molecule has 0 atom stereocenters. The molecule has 0 aromatic heterocycles. The van der Waals surface area contributed by atoms with Gasteiger partial charge in [0.15, 0.2) is 0 Å². The zero-order valence-electron chi connectivity index (χ0n) is 32.4. The van der Waals surface area contributed by atoms with Gasteiger partial charge in [-0.3, -0.25) is 0 Å². The maximum absolute atomic E-state index is 3.67. The molecule has 0 saturated heterocycles. The summed E-state index contributed by atoms with van der Waals surface area (Å²) in [6.45, 7) is 26.8. The van der Waals surface area contributed by atoms with E-state index in [4.69, 9.17) is 0 Å². The van der Waals surface area contributed by atoms with Crippen molar-refractivity contribution in [3.8, 4) is 11.1 Å². The second kappa shape index (κ2) is 17.9. The van der Waals surface area contributed by atoms with Gasteiger partial charge < -0.3 is 24.8 Å². The summed E-state index contributed by atoms with van der Waals surface area (Å²) < 4.78 is 1.42. The van der Waals surface area contributed by atoms with Crippen LogP contribution in [-0.4, -0.2) is 3.21 Å². The molecule has 0 N–H and O–H groups in total. The van der Waals surface area contributed by atoms with Gasteiger partial charge in [0.05, 0.1) is 0 Å². The van der Waals surface area contributed by atoms with Crippen LogP contribution in [0.25, 0.3) is 11.1 Å². The molecule has 0 bridgehead atoms. The first-order valence-corrected chi connectivity index (χ1v) is 18.8. The molecule has 6 rings (SSSR count). The van der Waals surface area contributed by atoms with Crippen LogP contribution in [0.2, 0.25) is 0 Å². The molecular weight excluding hydrogens is 727 g/mol. The Morgan fingerprint density at radius 2 is 1.14 bits per heavy atom. The van der Waals surface area contributed by atoms with Crippen molar-refractivity contribution < 1.29 is 49.0 Å². The predicted molar refractivity (Wildman–Crippen MR) is 207 cm³/mol. The fourth-order valence-corrected chi connectivity index (χ4v) is 6.63. The summed E-state index contributed by atoms with van der Waals surface area (Å²) in [6.07, 6.45) is 2.18. The zero-order valence-corrected chi connectivity index (χ0v) is 36.4. The van der Waals surface area contributed by atoms with Gasteiger partial charge >= 0.3 is 112 Å². The number of benzene rings is 4. The Bertz CT molecular complexity index is 1730. The smallest absolute Gasteiger partial charge is 1.00 e. The monoisotopic (exact) mass is 780 g/mol. The van der Waals surface area contributed by atoms with Crippen molar-refractivity contribution in [2.75, 3.05) is 0 Å². The second-order valence-electron chi connectivity index (χ2n) is 16.5. The quantitative estimate of drug-likeness (QED) is 0.184. The van der Waals surface area contributed by atoms with Crippen molar-refractivity contribution >= 4 is 3.21 Å². The third kappa shape index (κ3) is 11.5. The van der Waals surface area contributed by atoms with E-state index in [1.54, 1.807) is 0 Å². The maximum atomic E-state index is 3.67. The van der Waals surface area contributed by atoms with Crippen LogP contribution in [0.15, 0.2) is 97.1 Å². The molecule has 0 amide bonds. The fourth-order valence-electron chi connectivity index (χ4n) is 5.81. The van der Waals surface area contributed by atoms with Gasteiger partial charge in [0.25, 0.3) is 0 Å². The van der Waals surface area contributed by atoms with Crippen LogP contribution in [0.4, 0.5) is 0 Å². The average molecular weight is 783 g/mol.